The summed E-state index contributed by atoms with van der Waals surface area (Å²) in [7, 11) is 0. The zero-order valence-electron chi connectivity index (χ0n) is 14.3. The van der Waals surface area contributed by atoms with E-state index in [-0.39, 0.29) is 19.2 Å². The van der Waals surface area contributed by atoms with Gasteiger partial charge < -0.3 is 14.7 Å². The monoisotopic (exact) mass is 373 g/mol. The van der Waals surface area contributed by atoms with Gasteiger partial charge in [-0.05, 0) is 42.7 Å². The predicted octanol–water partition coefficient (Wildman–Crippen LogP) is 1.96. The largest absolute Gasteiger partial charge is 0.381 e. The summed E-state index contributed by atoms with van der Waals surface area (Å²) in [5.74, 6) is -0.584. The molecule has 7 nitrogen and oxygen atoms in total. The summed E-state index contributed by atoms with van der Waals surface area (Å²) < 4.78 is 34.0. The van der Waals surface area contributed by atoms with Crippen LogP contribution in [0.1, 0.15) is 30.3 Å². The fourth-order valence-corrected chi connectivity index (χ4v) is 3.66. The topological polar surface area (TPSA) is 75.8 Å². The van der Waals surface area contributed by atoms with E-state index in [1.54, 1.807) is 10.6 Å². The molecule has 4 heterocycles. The van der Waals surface area contributed by atoms with Crippen molar-refractivity contribution in [1.82, 2.24) is 19.8 Å². The summed E-state index contributed by atoms with van der Waals surface area (Å²) in [5, 5.41) is 23.6. The van der Waals surface area contributed by atoms with E-state index >= 15 is 0 Å². The lowest BCUT2D eigenvalue weighted by molar-refractivity contribution is 0.00655. The van der Waals surface area contributed by atoms with Gasteiger partial charge in [0.1, 0.15) is 17.5 Å². The van der Waals surface area contributed by atoms with Crippen LogP contribution in [0.5, 0.6) is 0 Å². The quantitative estimate of drug-likeness (QED) is 0.757. The summed E-state index contributed by atoms with van der Waals surface area (Å²) >= 11 is 0. The standard InChI is InChI=1S/C18H17F2N5O2/c19-12-4-3-11(8-13(12)20)18(26)9-24(10-18)16-6-5-15-21-22-17(25(15)23-16)14-2-1-7-27-14/h3-6,8,14,26H,1-2,7,9-10H2. The van der Waals surface area contributed by atoms with Crippen molar-refractivity contribution in [2.24, 2.45) is 0 Å². The van der Waals surface area contributed by atoms with Crippen LogP contribution in [0.4, 0.5) is 14.6 Å². The summed E-state index contributed by atoms with van der Waals surface area (Å²) in [6.07, 6.45) is 1.75. The highest BCUT2D eigenvalue weighted by Gasteiger charge is 2.44. The Hall–Kier alpha value is -2.65. The molecule has 2 saturated heterocycles. The molecule has 1 N–H and O–H groups in total. The van der Waals surface area contributed by atoms with E-state index in [1.807, 2.05) is 11.0 Å². The molecule has 1 aromatic carbocycles. The van der Waals surface area contributed by atoms with Gasteiger partial charge in [0.15, 0.2) is 23.1 Å². The first-order valence-corrected chi connectivity index (χ1v) is 8.80. The lowest BCUT2D eigenvalue weighted by Crippen LogP contribution is -2.60. The van der Waals surface area contributed by atoms with E-state index in [0.717, 1.165) is 25.0 Å². The van der Waals surface area contributed by atoms with Crippen LogP contribution < -0.4 is 4.90 Å². The Labute approximate surface area is 153 Å². The molecule has 0 bridgehead atoms. The highest BCUT2D eigenvalue weighted by Crippen LogP contribution is 2.35. The second-order valence-electron chi connectivity index (χ2n) is 7.04. The molecular formula is C18H17F2N5O2. The van der Waals surface area contributed by atoms with Gasteiger partial charge in [-0.25, -0.2) is 8.78 Å². The van der Waals surface area contributed by atoms with E-state index < -0.39 is 17.2 Å². The van der Waals surface area contributed by atoms with Gasteiger partial charge in [-0.15, -0.1) is 15.3 Å². The van der Waals surface area contributed by atoms with Crippen molar-refractivity contribution in [2.45, 2.75) is 24.5 Å². The first-order valence-electron chi connectivity index (χ1n) is 8.80. The summed E-state index contributed by atoms with van der Waals surface area (Å²) in [4.78, 5) is 1.86. The number of hydrogen-bond donors (Lipinski definition) is 1. The third-order valence-electron chi connectivity index (χ3n) is 5.18. The maximum atomic E-state index is 13.5. The van der Waals surface area contributed by atoms with Gasteiger partial charge in [0.25, 0.3) is 0 Å². The van der Waals surface area contributed by atoms with E-state index in [2.05, 4.69) is 15.3 Å². The maximum Gasteiger partial charge on any atom is 0.183 e. The molecule has 0 radical (unpaired) electrons. The van der Waals surface area contributed by atoms with Gasteiger partial charge in [0.05, 0.1) is 13.1 Å². The van der Waals surface area contributed by atoms with Crippen LogP contribution in [0.25, 0.3) is 5.65 Å². The van der Waals surface area contributed by atoms with Crippen molar-refractivity contribution in [3.05, 3.63) is 53.4 Å². The van der Waals surface area contributed by atoms with Crippen LogP contribution in [0, 0.1) is 11.6 Å². The Bertz CT molecular complexity index is 1010. The minimum Gasteiger partial charge on any atom is -0.381 e. The van der Waals surface area contributed by atoms with Gasteiger partial charge in [0, 0.05) is 6.61 Å². The van der Waals surface area contributed by atoms with Gasteiger partial charge in [-0.2, -0.15) is 4.52 Å². The average Bonchev–Trinajstić information content (AvgIpc) is 3.29. The van der Waals surface area contributed by atoms with Crippen LogP contribution in [0.3, 0.4) is 0 Å². The normalized spacial score (nSPS) is 21.6. The van der Waals surface area contributed by atoms with Crippen molar-refractivity contribution < 1.29 is 18.6 Å². The number of aromatic nitrogens is 4. The van der Waals surface area contributed by atoms with E-state index in [9.17, 15) is 13.9 Å². The second-order valence-corrected chi connectivity index (χ2v) is 7.04. The van der Waals surface area contributed by atoms with Crippen molar-refractivity contribution in [2.75, 3.05) is 24.6 Å². The Morgan fingerprint density at radius 2 is 1.96 bits per heavy atom. The molecule has 27 heavy (non-hydrogen) atoms. The first-order chi connectivity index (χ1) is 13.0. The van der Waals surface area contributed by atoms with Crippen molar-refractivity contribution in [1.29, 1.82) is 0 Å². The van der Waals surface area contributed by atoms with Gasteiger partial charge in [-0.3, -0.25) is 0 Å². The van der Waals surface area contributed by atoms with E-state index in [4.69, 9.17) is 4.74 Å². The zero-order valence-corrected chi connectivity index (χ0v) is 14.3. The molecule has 0 aliphatic carbocycles. The molecule has 0 spiro atoms. The molecule has 1 unspecified atom stereocenters. The Morgan fingerprint density at radius 3 is 2.70 bits per heavy atom. The molecular weight excluding hydrogens is 356 g/mol. The predicted molar refractivity (Wildman–Crippen MR) is 91.2 cm³/mol. The number of rotatable bonds is 3. The van der Waals surface area contributed by atoms with E-state index in [0.29, 0.717) is 29.5 Å². The summed E-state index contributed by atoms with van der Waals surface area (Å²) in [6.45, 7) is 1.16. The van der Waals surface area contributed by atoms with Crippen molar-refractivity contribution in [3.8, 4) is 0 Å². The number of halogens is 2. The number of aliphatic hydroxyl groups is 1. The van der Waals surface area contributed by atoms with Gasteiger partial charge in [0.2, 0.25) is 0 Å². The van der Waals surface area contributed by atoms with Gasteiger partial charge in [-0.1, -0.05) is 6.07 Å². The molecule has 2 aliphatic rings. The zero-order chi connectivity index (χ0) is 18.6. The van der Waals surface area contributed by atoms with Crippen LogP contribution in [0.2, 0.25) is 0 Å². The number of fused-ring (bicyclic) bond motifs is 1. The van der Waals surface area contributed by atoms with Crippen LogP contribution in [0.15, 0.2) is 30.3 Å². The Balaban J connectivity index is 1.40. The fourth-order valence-electron chi connectivity index (χ4n) is 3.66. The van der Waals surface area contributed by atoms with E-state index in [1.165, 1.54) is 6.07 Å². The highest BCUT2D eigenvalue weighted by molar-refractivity contribution is 5.50. The fraction of sp³-hybridized carbons (Fsp3) is 0.389. The molecule has 0 amide bonds. The minimum absolute atomic E-state index is 0.113. The molecule has 3 aromatic rings. The summed E-state index contributed by atoms with van der Waals surface area (Å²) in [5.41, 5.74) is -0.265. The number of hydrogen-bond acceptors (Lipinski definition) is 6. The molecule has 2 aromatic heterocycles. The Kier molecular flexibility index (Phi) is 3.63. The molecule has 2 aliphatic heterocycles. The molecule has 140 valence electrons. The number of ether oxygens (including phenoxy) is 1. The lowest BCUT2D eigenvalue weighted by Gasteiger charge is -2.47. The molecule has 9 heteroatoms. The van der Waals surface area contributed by atoms with Crippen LogP contribution in [-0.2, 0) is 10.3 Å². The summed E-state index contributed by atoms with van der Waals surface area (Å²) in [6, 6.07) is 7.08. The third-order valence-corrected chi connectivity index (χ3v) is 5.18. The van der Waals surface area contributed by atoms with Crippen LogP contribution >= 0.6 is 0 Å². The molecule has 2 fully saturated rings. The number of anilines is 1. The molecule has 5 rings (SSSR count). The van der Waals surface area contributed by atoms with Gasteiger partial charge >= 0.3 is 0 Å². The van der Waals surface area contributed by atoms with Crippen molar-refractivity contribution >= 4 is 11.5 Å². The molecule has 1 atom stereocenters. The highest BCUT2D eigenvalue weighted by atomic mass is 19.2. The molecule has 0 saturated carbocycles. The average molecular weight is 373 g/mol. The Morgan fingerprint density at radius 1 is 1.11 bits per heavy atom. The lowest BCUT2D eigenvalue weighted by atomic mass is 9.86. The second kappa shape index (κ2) is 5.93. The van der Waals surface area contributed by atoms with Crippen LogP contribution in [-0.4, -0.2) is 44.6 Å². The smallest absolute Gasteiger partial charge is 0.183 e. The third kappa shape index (κ3) is 2.65. The maximum absolute atomic E-state index is 13.5. The van der Waals surface area contributed by atoms with Crippen molar-refractivity contribution in [3.63, 3.8) is 0 Å². The first kappa shape index (κ1) is 16.5. The minimum atomic E-state index is -1.24. The SMILES string of the molecule is OC1(c2ccc(F)c(F)c2)CN(c2ccc3nnc(C4CCCO4)n3n2)C1. The number of benzene rings is 1. The number of nitrogens with zero attached hydrogens (tertiary/aromatic N) is 5. The number of β-amino-alcohol motifs (C(OH)–C–C–N with tert-alkyl or cyclic N) is 1.